The lowest BCUT2D eigenvalue weighted by atomic mass is 9.99. The lowest BCUT2D eigenvalue weighted by Gasteiger charge is -2.33. The summed E-state index contributed by atoms with van der Waals surface area (Å²) in [7, 11) is -7.23. The van der Waals surface area contributed by atoms with Crippen molar-refractivity contribution in [3.8, 4) is 0 Å². The molecule has 0 saturated carbocycles. The summed E-state index contributed by atoms with van der Waals surface area (Å²) in [5.74, 6) is 0.378. The highest BCUT2D eigenvalue weighted by molar-refractivity contribution is 9.11. The van der Waals surface area contributed by atoms with Crippen LogP contribution in [-0.2, 0) is 20.0 Å². The van der Waals surface area contributed by atoms with E-state index >= 15 is 0 Å². The molecule has 2 aromatic rings. The standard InChI is InChI=1S/C18H23BrN2O4S3/c1-3-14(2)15-4-6-16(7-5-15)27(22,23)20-10-12-21(13-11-20)28(24,25)18-9-8-17(19)26-18/h4-9,14H,3,10-13H2,1-2H3. The van der Waals surface area contributed by atoms with Gasteiger partial charge in [0.25, 0.3) is 10.0 Å². The third-order valence-corrected chi connectivity index (χ3v) is 10.9. The topological polar surface area (TPSA) is 74.8 Å². The monoisotopic (exact) mass is 506 g/mol. The highest BCUT2D eigenvalue weighted by Crippen LogP contribution is 2.29. The molecule has 3 rings (SSSR count). The van der Waals surface area contributed by atoms with Crippen LogP contribution in [0.5, 0.6) is 0 Å². The first-order valence-corrected chi connectivity index (χ1v) is 13.5. The average molecular weight is 507 g/mol. The van der Waals surface area contributed by atoms with Crippen LogP contribution < -0.4 is 0 Å². The van der Waals surface area contributed by atoms with E-state index < -0.39 is 20.0 Å². The van der Waals surface area contributed by atoms with Gasteiger partial charge in [-0.2, -0.15) is 8.61 Å². The van der Waals surface area contributed by atoms with E-state index in [0.717, 1.165) is 27.1 Å². The molecule has 0 N–H and O–H groups in total. The van der Waals surface area contributed by atoms with Gasteiger partial charge in [0.1, 0.15) is 4.21 Å². The highest BCUT2D eigenvalue weighted by atomic mass is 79.9. The van der Waals surface area contributed by atoms with E-state index in [0.29, 0.717) is 5.92 Å². The van der Waals surface area contributed by atoms with Crippen molar-refractivity contribution in [1.82, 2.24) is 8.61 Å². The summed E-state index contributed by atoms with van der Waals surface area (Å²) in [5.41, 5.74) is 1.11. The SMILES string of the molecule is CCC(C)c1ccc(S(=O)(=O)N2CCN(S(=O)(=O)c3ccc(Br)s3)CC2)cc1. The molecule has 2 heterocycles. The van der Waals surface area contributed by atoms with E-state index in [2.05, 4.69) is 29.8 Å². The fourth-order valence-corrected chi connectivity index (χ4v) is 8.08. The maximum Gasteiger partial charge on any atom is 0.252 e. The van der Waals surface area contributed by atoms with Crippen molar-refractivity contribution in [1.29, 1.82) is 0 Å². The second-order valence-electron chi connectivity index (χ2n) is 6.75. The molecule has 1 fully saturated rings. The summed E-state index contributed by atoms with van der Waals surface area (Å²) in [4.78, 5) is 0.248. The quantitative estimate of drug-likeness (QED) is 0.598. The van der Waals surface area contributed by atoms with Crippen LogP contribution in [-0.4, -0.2) is 51.6 Å². The van der Waals surface area contributed by atoms with Gasteiger partial charge in [0.15, 0.2) is 0 Å². The predicted octanol–water partition coefficient (Wildman–Crippen LogP) is 3.72. The second kappa shape index (κ2) is 8.53. The average Bonchev–Trinajstić information content (AvgIpc) is 3.14. The zero-order valence-corrected chi connectivity index (χ0v) is 19.7. The minimum atomic E-state index is -3.63. The maximum absolute atomic E-state index is 12.9. The lowest BCUT2D eigenvalue weighted by molar-refractivity contribution is 0.273. The van der Waals surface area contributed by atoms with Gasteiger partial charge in [-0.15, -0.1) is 11.3 Å². The highest BCUT2D eigenvalue weighted by Gasteiger charge is 2.34. The minimum absolute atomic E-state index is 0.140. The van der Waals surface area contributed by atoms with Crippen LogP contribution in [0.25, 0.3) is 0 Å². The number of nitrogens with zero attached hydrogens (tertiary/aromatic N) is 2. The molecule has 1 aliphatic heterocycles. The second-order valence-corrected chi connectivity index (χ2v) is 13.3. The van der Waals surface area contributed by atoms with Gasteiger partial charge in [0.2, 0.25) is 10.0 Å². The van der Waals surface area contributed by atoms with Crippen molar-refractivity contribution < 1.29 is 16.8 Å². The number of sulfonamides is 2. The molecule has 1 aromatic carbocycles. The van der Waals surface area contributed by atoms with Crippen molar-refractivity contribution in [2.45, 2.75) is 35.3 Å². The third kappa shape index (κ3) is 4.36. The Kier molecular flexibility index (Phi) is 6.68. The number of rotatable bonds is 6. The zero-order valence-electron chi connectivity index (χ0n) is 15.7. The Hall–Kier alpha value is -0.780. The van der Waals surface area contributed by atoms with Gasteiger partial charge in [-0.1, -0.05) is 26.0 Å². The molecular weight excluding hydrogens is 484 g/mol. The molecule has 1 aromatic heterocycles. The van der Waals surface area contributed by atoms with Crippen LogP contribution in [0.4, 0.5) is 0 Å². The Labute approximate surface area is 179 Å². The Balaban J connectivity index is 1.71. The van der Waals surface area contributed by atoms with E-state index in [1.165, 1.54) is 8.61 Å². The van der Waals surface area contributed by atoms with Crippen molar-refractivity contribution in [2.75, 3.05) is 26.2 Å². The zero-order chi connectivity index (χ0) is 20.5. The van der Waals surface area contributed by atoms with Gasteiger partial charge in [0, 0.05) is 26.2 Å². The van der Waals surface area contributed by atoms with E-state index in [1.807, 2.05) is 12.1 Å². The van der Waals surface area contributed by atoms with Gasteiger partial charge in [-0.3, -0.25) is 0 Å². The number of benzene rings is 1. The molecule has 0 aliphatic carbocycles. The van der Waals surface area contributed by atoms with Crippen LogP contribution >= 0.6 is 27.3 Å². The Morgan fingerprint density at radius 1 is 0.929 bits per heavy atom. The molecule has 0 spiro atoms. The van der Waals surface area contributed by atoms with Crippen LogP contribution in [0, 0.1) is 0 Å². The van der Waals surface area contributed by atoms with E-state index in [4.69, 9.17) is 0 Å². The number of piperazine rings is 1. The number of hydrogen-bond donors (Lipinski definition) is 0. The predicted molar refractivity (Wildman–Crippen MR) is 115 cm³/mol. The number of halogens is 1. The van der Waals surface area contributed by atoms with Crippen LogP contribution in [0.3, 0.4) is 0 Å². The summed E-state index contributed by atoms with van der Waals surface area (Å²) in [5, 5.41) is 0. The van der Waals surface area contributed by atoms with Crippen molar-refractivity contribution in [3.63, 3.8) is 0 Å². The fourth-order valence-electron chi connectivity index (χ4n) is 3.07. The first kappa shape index (κ1) is 21.9. The third-order valence-electron chi connectivity index (χ3n) is 5.04. The Morgan fingerprint density at radius 2 is 1.46 bits per heavy atom. The Morgan fingerprint density at radius 3 is 1.93 bits per heavy atom. The molecule has 1 aliphatic rings. The van der Waals surface area contributed by atoms with E-state index in [-0.39, 0.29) is 35.3 Å². The largest absolute Gasteiger partial charge is 0.252 e. The van der Waals surface area contributed by atoms with Gasteiger partial charge >= 0.3 is 0 Å². The Bertz CT molecular complexity index is 1030. The van der Waals surface area contributed by atoms with Gasteiger partial charge in [-0.25, -0.2) is 16.8 Å². The summed E-state index contributed by atoms with van der Waals surface area (Å²) in [6.07, 6.45) is 0.989. The fraction of sp³-hybridized carbons (Fsp3) is 0.444. The van der Waals surface area contributed by atoms with Crippen molar-refractivity contribution in [2.24, 2.45) is 0 Å². The minimum Gasteiger partial charge on any atom is -0.207 e. The molecule has 10 heteroatoms. The molecule has 1 saturated heterocycles. The molecule has 1 atom stereocenters. The molecule has 0 radical (unpaired) electrons. The maximum atomic E-state index is 12.9. The van der Waals surface area contributed by atoms with Gasteiger partial charge < -0.3 is 0 Å². The van der Waals surface area contributed by atoms with Crippen LogP contribution in [0.2, 0.25) is 0 Å². The van der Waals surface area contributed by atoms with Crippen LogP contribution in [0.1, 0.15) is 31.7 Å². The van der Waals surface area contributed by atoms with E-state index in [1.54, 1.807) is 24.3 Å². The molecule has 0 amide bonds. The molecule has 0 bridgehead atoms. The molecule has 154 valence electrons. The molecule has 6 nitrogen and oxygen atoms in total. The molecular formula is C18H23BrN2O4S3. The molecule has 28 heavy (non-hydrogen) atoms. The summed E-state index contributed by atoms with van der Waals surface area (Å²) in [6.45, 7) is 4.76. The van der Waals surface area contributed by atoms with Crippen LogP contribution in [0.15, 0.2) is 49.3 Å². The normalized spacial score (nSPS) is 18.2. The first-order valence-electron chi connectivity index (χ1n) is 9.02. The van der Waals surface area contributed by atoms with Gasteiger partial charge in [0.05, 0.1) is 8.68 Å². The van der Waals surface area contributed by atoms with Crippen molar-refractivity contribution in [3.05, 3.63) is 45.7 Å². The number of hydrogen-bond acceptors (Lipinski definition) is 5. The number of thiophene rings is 1. The van der Waals surface area contributed by atoms with E-state index in [9.17, 15) is 16.8 Å². The van der Waals surface area contributed by atoms with Gasteiger partial charge in [-0.05, 0) is 58.1 Å². The smallest absolute Gasteiger partial charge is 0.207 e. The lowest BCUT2D eigenvalue weighted by Crippen LogP contribution is -2.50. The first-order chi connectivity index (χ1) is 13.2. The summed E-state index contributed by atoms with van der Waals surface area (Å²) >= 11 is 4.43. The van der Waals surface area contributed by atoms with Crippen molar-refractivity contribution >= 4 is 47.3 Å². The summed E-state index contributed by atoms with van der Waals surface area (Å²) < 4.78 is 55.0. The molecule has 1 unspecified atom stereocenters. The summed E-state index contributed by atoms with van der Waals surface area (Å²) in [6, 6.07) is 10.3.